The Morgan fingerprint density at radius 3 is 2.47 bits per heavy atom. The fourth-order valence-electron chi connectivity index (χ4n) is 1.50. The van der Waals surface area contributed by atoms with Gasteiger partial charge >= 0.3 is 5.97 Å². The van der Waals surface area contributed by atoms with Crippen LogP contribution in [0.4, 0.5) is 0 Å². The van der Waals surface area contributed by atoms with Gasteiger partial charge in [0.1, 0.15) is 10.3 Å². The second kappa shape index (κ2) is 6.49. The molecule has 0 amide bonds. The third-order valence-corrected chi connectivity index (χ3v) is 5.82. The number of hydrogen-bond acceptors (Lipinski definition) is 5. The van der Waals surface area contributed by atoms with Gasteiger partial charge in [0.05, 0.1) is 7.11 Å². The van der Waals surface area contributed by atoms with Crippen LogP contribution in [-0.4, -0.2) is 27.5 Å². The Morgan fingerprint density at radius 2 is 2.05 bits per heavy atom. The van der Waals surface area contributed by atoms with E-state index in [0.29, 0.717) is 0 Å². The minimum atomic E-state index is -3.68. The summed E-state index contributed by atoms with van der Waals surface area (Å²) in [6.07, 6.45) is 0.783. The van der Waals surface area contributed by atoms with Crippen molar-refractivity contribution < 1.29 is 17.9 Å². The highest BCUT2D eigenvalue weighted by molar-refractivity contribution is 7.91. The summed E-state index contributed by atoms with van der Waals surface area (Å²) in [6, 6.07) is 2.46. The molecular weight excluding hydrogens is 286 g/mol. The predicted octanol–water partition coefficient (Wildman–Crippen LogP) is 1.79. The minimum Gasteiger partial charge on any atom is -0.468 e. The first-order valence-electron chi connectivity index (χ1n) is 6.00. The van der Waals surface area contributed by atoms with Gasteiger partial charge in [-0.2, -0.15) is 4.72 Å². The van der Waals surface area contributed by atoms with Gasteiger partial charge in [-0.1, -0.05) is 20.8 Å². The molecule has 0 aliphatic heterocycles. The number of sulfonamides is 1. The van der Waals surface area contributed by atoms with E-state index in [1.165, 1.54) is 18.4 Å². The van der Waals surface area contributed by atoms with Crippen molar-refractivity contribution >= 4 is 27.3 Å². The molecule has 108 valence electrons. The summed E-state index contributed by atoms with van der Waals surface area (Å²) < 4.78 is 31.6. The van der Waals surface area contributed by atoms with Crippen LogP contribution in [0.25, 0.3) is 0 Å². The van der Waals surface area contributed by atoms with Crippen molar-refractivity contribution in [2.24, 2.45) is 5.92 Å². The summed E-state index contributed by atoms with van der Waals surface area (Å²) in [6.45, 7) is 5.48. The molecule has 1 aromatic rings. The van der Waals surface area contributed by atoms with Crippen molar-refractivity contribution in [3.8, 4) is 0 Å². The standard InChI is InChI=1S/C12H19NO4S2/c1-5-9-6-7-10(18-9)19(15,16)13-11(8(2)3)12(14)17-4/h6-8,11,13H,5H2,1-4H3. The highest BCUT2D eigenvalue weighted by Crippen LogP contribution is 2.22. The minimum absolute atomic E-state index is 0.187. The normalized spacial score (nSPS) is 13.5. The van der Waals surface area contributed by atoms with Gasteiger partial charge in [-0.3, -0.25) is 4.79 Å². The van der Waals surface area contributed by atoms with Crippen molar-refractivity contribution in [3.63, 3.8) is 0 Å². The van der Waals surface area contributed by atoms with Crippen LogP contribution in [0.1, 0.15) is 25.6 Å². The molecule has 1 unspecified atom stereocenters. The van der Waals surface area contributed by atoms with Gasteiger partial charge < -0.3 is 4.74 Å². The molecule has 1 aromatic heterocycles. The molecule has 0 saturated carbocycles. The van der Waals surface area contributed by atoms with Crippen LogP contribution < -0.4 is 4.72 Å². The Bertz CT molecular complexity index is 534. The van der Waals surface area contributed by atoms with Gasteiger partial charge in [-0.15, -0.1) is 11.3 Å². The molecule has 0 saturated heterocycles. The molecule has 0 aliphatic carbocycles. The van der Waals surface area contributed by atoms with E-state index >= 15 is 0 Å². The monoisotopic (exact) mass is 305 g/mol. The van der Waals surface area contributed by atoms with Gasteiger partial charge in [-0.25, -0.2) is 8.42 Å². The van der Waals surface area contributed by atoms with Crippen molar-refractivity contribution in [2.45, 2.75) is 37.4 Å². The number of esters is 1. The van der Waals surface area contributed by atoms with Crippen LogP contribution in [0.3, 0.4) is 0 Å². The molecule has 0 aromatic carbocycles. The van der Waals surface area contributed by atoms with Gasteiger partial charge in [0, 0.05) is 4.88 Å². The number of rotatable bonds is 6. The fourth-order valence-corrected chi connectivity index (χ4v) is 4.15. The van der Waals surface area contributed by atoms with Gasteiger partial charge in [-0.05, 0) is 24.5 Å². The number of thiophene rings is 1. The molecule has 7 heteroatoms. The third kappa shape index (κ3) is 4.02. The van der Waals surface area contributed by atoms with Crippen LogP contribution in [0, 0.1) is 5.92 Å². The smallest absolute Gasteiger partial charge is 0.324 e. The Balaban J connectivity index is 2.97. The van der Waals surface area contributed by atoms with Crippen LogP contribution in [0.15, 0.2) is 16.3 Å². The number of hydrogen-bond donors (Lipinski definition) is 1. The predicted molar refractivity (Wildman–Crippen MR) is 74.7 cm³/mol. The first-order chi connectivity index (χ1) is 8.81. The molecule has 1 rings (SSSR count). The number of carbonyl (C=O) groups excluding carboxylic acids is 1. The zero-order chi connectivity index (χ0) is 14.6. The fraction of sp³-hybridized carbons (Fsp3) is 0.583. The second-order valence-electron chi connectivity index (χ2n) is 4.44. The molecule has 0 bridgehead atoms. The molecule has 1 atom stereocenters. The average molecular weight is 305 g/mol. The van der Waals surface area contributed by atoms with E-state index < -0.39 is 22.0 Å². The highest BCUT2D eigenvalue weighted by Gasteiger charge is 2.29. The van der Waals surface area contributed by atoms with E-state index in [0.717, 1.165) is 11.3 Å². The lowest BCUT2D eigenvalue weighted by atomic mass is 10.1. The lowest BCUT2D eigenvalue weighted by Gasteiger charge is -2.19. The Kier molecular flexibility index (Phi) is 5.51. The van der Waals surface area contributed by atoms with Crippen molar-refractivity contribution in [3.05, 3.63) is 17.0 Å². The molecule has 0 aliphatic rings. The Hall–Kier alpha value is -0.920. The molecule has 5 nitrogen and oxygen atoms in total. The largest absolute Gasteiger partial charge is 0.468 e. The van der Waals surface area contributed by atoms with Crippen LogP contribution in [-0.2, 0) is 26.0 Å². The van der Waals surface area contributed by atoms with Crippen LogP contribution in [0.5, 0.6) is 0 Å². The average Bonchev–Trinajstić information content (AvgIpc) is 2.84. The number of aryl methyl sites for hydroxylation is 1. The highest BCUT2D eigenvalue weighted by atomic mass is 32.2. The maximum Gasteiger partial charge on any atom is 0.324 e. The molecule has 0 spiro atoms. The molecule has 1 N–H and O–H groups in total. The van der Waals surface area contributed by atoms with E-state index in [1.807, 2.05) is 6.92 Å². The first-order valence-corrected chi connectivity index (χ1v) is 8.30. The lowest BCUT2D eigenvalue weighted by molar-refractivity contribution is -0.143. The number of nitrogens with one attached hydrogen (secondary N) is 1. The van der Waals surface area contributed by atoms with Gasteiger partial charge in [0.15, 0.2) is 0 Å². The summed E-state index contributed by atoms with van der Waals surface area (Å²) >= 11 is 1.21. The number of ether oxygens (including phenoxy) is 1. The second-order valence-corrected chi connectivity index (χ2v) is 7.55. The van der Waals surface area contributed by atoms with E-state index in [2.05, 4.69) is 9.46 Å². The Morgan fingerprint density at radius 1 is 1.42 bits per heavy atom. The van der Waals surface area contributed by atoms with Crippen molar-refractivity contribution in [2.75, 3.05) is 7.11 Å². The van der Waals surface area contributed by atoms with E-state index in [1.54, 1.807) is 26.0 Å². The summed E-state index contributed by atoms with van der Waals surface area (Å²) in [4.78, 5) is 12.6. The first kappa shape index (κ1) is 16.1. The maximum atomic E-state index is 12.2. The quantitative estimate of drug-likeness (QED) is 0.813. The summed E-state index contributed by atoms with van der Waals surface area (Å²) in [5.74, 6) is -0.765. The third-order valence-electron chi connectivity index (χ3n) is 2.65. The topological polar surface area (TPSA) is 72.5 Å². The zero-order valence-corrected chi connectivity index (χ0v) is 13.1. The molecule has 0 radical (unpaired) electrons. The lowest BCUT2D eigenvalue weighted by Crippen LogP contribution is -2.44. The van der Waals surface area contributed by atoms with Gasteiger partial charge in [0.25, 0.3) is 10.0 Å². The molecular formula is C12H19NO4S2. The molecule has 0 fully saturated rings. The molecule has 19 heavy (non-hydrogen) atoms. The number of methoxy groups -OCH3 is 1. The van der Waals surface area contributed by atoms with E-state index in [9.17, 15) is 13.2 Å². The van der Waals surface area contributed by atoms with Crippen LogP contribution >= 0.6 is 11.3 Å². The van der Waals surface area contributed by atoms with Gasteiger partial charge in [0.2, 0.25) is 0 Å². The molecule has 1 heterocycles. The van der Waals surface area contributed by atoms with Crippen LogP contribution in [0.2, 0.25) is 0 Å². The summed E-state index contributed by atoms with van der Waals surface area (Å²) in [5.41, 5.74) is 0. The maximum absolute atomic E-state index is 12.2. The van der Waals surface area contributed by atoms with Crippen molar-refractivity contribution in [1.82, 2.24) is 4.72 Å². The number of carbonyl (C=O) groups is 1. The summed E-state index contributed by atoms with van der Waals surface area (Å²) in [5, 5.41) is 0. The van der Waals surface area contributed by atoms with Crippen molar-refractivity contribution in [1.29, 1.82) is 0 Å². The zero-order valence-electron chi connectivity index (χ0n) is 11.5. The SMILES string of the molecule is CCc1ccc(S(=O)(=O)NC(C(=O)OC)C(C)C)s1. The van der Waals surface area contributed by atoms with E-state index in [4.69, 9.17) is 0 Å². The Labute approximate surface area is 118 Å². The van der Waals surface area contributed by atoms with E-state index in [-0.39, 0.29) is 10.1 Å². The summed E-state index contributed by atoms with van der Waals surface area (Å²) in [7, 11) is -2.44.